The van der Waals surface area contributed by atoms with Crippen LogP contribution in [0.1, 0.15) is 27.7 Å². The monoisotopic (exact) mass is 295 g/mol. The summed E-state index contributed by atoms with van der Waals surface area (Å²) in [7, 11) is 0. The van der Waals surface area contributed by atoms with Gasteiger partial charge in [-0.1, -0.05) is 43.1 Å². The number of carbonyl (C=O) groups excluding carboxylic acids is 1. The zero-order valence-corrected chi connectivity index (χ0v) is 12.4. The number of halogens is 2. The molecule has 3 N–H and O–H groups in total. The van der Waals surface area contributed by atoms with E-state index in [1.165, 1.54) is 0 Å². The van der Waals surface area contributed by atoms with Crippen molar-refractivity contribution in [3.63, 3.8) is 0 Å². The van der Waals surface area contributed by atoms with Crippen molar-refractivity contribution in [1.82, 2.24) is 0 Å². The molecule has 104 valence electrons. The van der Waals surface area contributed by atoms with Gasteiger partial charge in [-0.3, -0.25) is 0 Å². The maximum atomic E-state index is 10.9. The summed E-state index contributed by atoms with van der Waals surface area (Å²) in [5, 5.41) is 10.7. The minimum Gasteiger partial charge on any atom is -0.439 e. The van der Waals surface area contributed by atoms with Crippen LogP contribution in [0.25, 0.3) is 0 Å². The summed E-state index contributed by atoms with van der Waals surface area (Å²) in [5.74, 6) is -0.151. The fourth-order valence-corrected chi connectivity index (χ4v) is 1.93. The van der Waals surface area contributed by atoms with Crippen LogP contribution in [0.4, 0.5) is 4.79 Å². The van der Waals surface area contributed by atoms with Gasteiger partial charge in [0.25, 0.3) is 0 Å². The molecule has 0 aliphatic rings. The van der Waals surface area contributed by atoms with Crippen LogP contribution < -0.4 is 5.73 Å². The molecule has 6 heteroatoms. The number of rotatable bonds is 5. The van der Waals surface area contributed by atoms with Crippen molar-refractivity contribution in [2.75, 3.05) is 0 Å². The average molecular weight is 296 g/mol. The van der Waals surface area contributed by atoms with Crippen molar-refractivity contribution in [3.05, 3.63) is 21.7 Å². The fraction of sp³-hybridized carbons (Fsp3) is 0.583. The van der Waals surface area contributed by atoms with E-state index in [4.69, 9.17) is 33.7 Å². The van der Waals surface area contributed by atoms with Gasteiger partial charge in [-0.15, -0.1) is 0 Å². The van der Waals surface area contributed by atoms with Crippen LogP contribution in [-0.4, -0.2) is 23.4 Å². The zero-order valence-electron chi connectivity index (χ0n) is 10.9. The Morgan fingerprint density at radius 1 is 1.39 bits per heavy atom. The SMILES string of the molecule is C/C=C(Cl)\C(=C(/C)Cl)[C@H](OC(N)=O)[C@@H](O)C(C)C. The lowest BCUT2D eigenvalue weighted by atomic mass is 9.95. The molecule has 0 unspecified atom stereocenters. The molecule has 2 atom stereocenters. The second-order valence-corrected chi connectivity index (χ2v) is 5.15. The quantitative estimate of drug-likeness (QED) is 0.766. The predicted molar refractivity (Wildman–Crippen MR) is 73.5 cm³/mol. The molecule has 0 spiro atoms. The number of carbonyl (C=O) groups is 1. The molecule has 18 heavy (non-hydrogen) atoms. The normalized spacial score (nSPS) is 17.2. The van der Waals surface area contributed by atoms with Crippen molar-refractivity contribution < 1.29 is 14.6 Å². The van der Waals surface area contributed by atoms with Gasteiger partial charge in [0.1, 0.15) is 0 Å². The fourth-order valence-electron chi connectivity index (χ4n) is 1.43. The highest BCUT2D eigenvalue weighted by Gasteiger charge is 2.31. The van der Waals surface area contributed by atoms with E-state index >= 15 is 0 Å². The average Bonchev–Trinajstić information content (AvgIpc) is 2.25. The molecule has 0 aromatic heterocycles. The van der Waals surface area contributed by atoms with E-state index in [9.17, 15) is 9.90 Å². The molecular weight excluding hydrogens is 277 g/mol. The molecule has 0 bridgehead atoms. The predicted octanol–water partition coefficient (Wildman–Crippen LogP) is 3.12. The van der Waals surface area contributed by atoms with Crippen molar-refractivity contribution in [3.8, 4) is 0 Å². The Balaban J connectivity index is 5.53. The largest absolute Gasteiger partial charge is 0.439 e. The zero-order chi connectivity index (χ0) is 14.5. The number of allylic oxidation sites excluding steroid dienone is 2. The topological polar surface area (TPSA) is 72.5 Å². The van der Waals surface area contributed by atoms with Gasteiger partial charge in [-0.25, -0.2) is 4.79 Å². The molecule has 0 aromatic carbocycles. The standard InChI is InChI=1S/C12H19Cl2NO3/c1-5-8(14)9(7(4)13)11(18-12(15)17)10(16)6(2)3/h5-6,10-11,16H,1-4H3,(H2,15,17)/b8-5+,9-7-/t10-,11-/m0/s1. The number of amides is 1. The van der Waals surface area contributed by atoms with Crippen molar-refractivity contribution in [1.29, 1.82) is 0 Å². The number of aliphatic hydroxyl groups excluding tert-OH is 1. The number of aliphatic hydroxyl groups is 1. The number of hydrogen-bond acceptors (Lipinski definition) is 3. The van der Waals surface area contributed by atoms with E-state index in [1.54, 1.807) is 33.8 Å². The lowest BCUT2D eigenvalue weighted by Gasteiger charge is -2.27. The van der Waals surface area contributed by atoms with Crippen LogP contribution >= 0.6 is 23.2 Å². The van der Waals surface area contributed by atoms with Gasteiger partial charge in [0, 0.05) is 15.6 Å². The molecule has 0 aromatic rings. The molecule has 4 nitrogen and oxygen atoms in total. The molecule has 0 aliphatic carbocycles. The Hall–Kier alpha value is -0.710. The van der Waals surface area contributed by atoms with Crippen molar-refractivity contribution in [2.24, 2.45) is 11.7 Å². The summed E-state index contributed by atoms with van der Waals surface area (Å²) in [6.45, 7) is 6.89. The summed E-state index contributed by atoms with van der Waals surface area (Å²) in [6, 6.07) is 0. The van der Waals surface area contributed by atoms with Crippen LogP contribution in [0.3, 0.4) is 0 Å². The number of ether oxygens (including phenoxy) is 1. The molecule has 1 amide bonds. The molecule has 0 fully saturated rings. The third-order valence-electron chi connectivity index (χ3n) is 2.40. The smallest absolute Gasteiger partial charge is 0.405 e. The van der Waals surface area contributed by atoms with Gasteiger partial charge in [0.05, 0.1) is 6.10 Å². The molecule has 0 aliphatic heterocycles. The highest BCUT2D eigenvalue weighted by Crippen LogP contribution is 2.30. The van der Waals surface area contributed by atoms with Gasteiger partial charge >= 0.3 is 6.09 Å². The first kappa shape index (κ1) is 17.3. The Bertz CT molecular complexity index is 360. The van der Waals surface area contributed by atoms with E-state index in [2.05, 4.69) is 0 Å². The summed E-state index contributed by atoms with van der Waals surface area (Å²) in [4.78, 5) is 10.9. The van der Waals surface area contributed by atoms with Crippen LogP contribution in [0, 0.1) is 5.92 Å². The summed E-state index contributed by atoms with van der Waals surface area (Å²) < 4.78 is 4.94. The minimum absolute atomic E-state index is 0.151. The van der Waals surface area contributed by atoms with Crippen LogP contribution in [0.5, 0.6) is 0 Å². The molecule has 0 heterocycles. The lowest BCUT2D eigenvalue weighted by molar-refractivity contribution is 0.00279. The molecule has 0 saturated heterocycles. The molecule has 0 radical (unpaired) electrons. The van der Waals surface area contributed by atoms with Gasteiger partial charge in [-0.2, -0.15) is 0 Å². The van der Waals surface area contributed by atoms with Crippen LogP contribution in [0.15, 0.2) is 21.7 Å². The van der Waals surface area contributed by atoms with E-state index in [-0.39, 0.29) is 5.92 Å². The number of hydrogen-bond donors (Lipinski definition) is 2. The van der Waals surface area contributed by atoms with Gasteiger partial charge < -0.3 is 15.6 Å². The lowest BCUT2D eigenvalue weighted by Crippen LogP contribution is -2.38. The highest BCUT2D eigenvalue weighted by molar-refractivity contribution is 6.35. The second-order valence-electron chi connectivity index (χ2n) is 4.18. The van der Waals surface area contributed by atoms with Gasteiger partial charge in [0.2, 0.25) is 0 Å². The third kappa shape index (κ3) is 4.88. The maximum Gasteiger partial charge on any atom is 0.405 e. The second kappa shape index (κ2) is 7.67. The highest BCUT2D eigenvalue weighted by atomic mass is 35.5. The summed E-state index contributed by atoms with van der Waals surface area (Å²) in [5.41, 5.74) is 5.37. The van der Waals surface area contributed by atoms with Crippen LogP contribution in [0.2, 0.25) is 0 Å². The third-order valence-corrected chi connectivity index (χ3v) is 3.03. The van der Waals surface area contributed by atoms with Gasteiger partial charge in [0.15, 0.2) is 6.10 Å². The first-order valence-corrected chi connectivity index (χ1v) is 6.30. The molecule has 0 rings (SSSR count). The van der Waals surface area contributed by atoms with E-state index in [1.807, 2.05) is 0 Å². The first-order valence-electron chi connectivity index (χ1n) is 5.54. The number of primary amides is 1. The Morgan fingerprint density at radius 2 is 1.89 bits per heavy atom. The Kier molecular flexibility index (Phi) is 7.36. The summed E-state index contributed by atoms with van der Waals surface area (Å²) >= 11 is 12.0. The van der Waals surface area contributed by atoms with E-state index < -0.39 is 18.3 Å². The van der Waals surface area contributed by atoms with Crippen molar-refractivity contribution in [2.45, 2.75) is 39.9 Å². The Labute approximate surface area is 117 Å². The molecule has 0 saturated carbocycles. The summed E-state index contributed by atoms with van der Waals surface area (Å²) in [6.07, 6.45) is -1.32. The minimum atomic E-state index is -0.990. The van der Waals surface area contributed by atoms with E-state index in [0.29, 0.717) is 15.6 Å². The number of nitrogens with two attached hydrogens (primary N) is 1. The van der Waals surface area contributed by atoms with E-state index in [0.717, 1.165) is 0 Å². The first-order chi connectivity index (χ1) is 8.22. The maximum absolute atomic E-state index is 10.9. The van der Waals surface area contributed by atoms with Crippen molar-refractivity contribution >= 4 is 29.3 Å². The van der Waals surface area contributed by atoms with Gasteiger partial charge in [-0.05, 0) is 19.8 Å². The molecular formula is C12H19Cl2NO3. The Morgan fingerprint density at radius 3 is 2.17 bits per heavy atom. The van der Waals surface area contributed by atoms with Crippen LogP contribution in [-0.2, 0) is 4.74 Å².